The number of likely N-dealkylation sites (N-methyl/N-ethyl adjacent to an activating group) is 1. The van der Waals surface area contributed by atoms with Crippen LogP contribution in [0.15, 0.2) is 24.3 Å². The van der Waals surface area contributed by atoms with Gasteiger partial charge >= 0.3 is 0 Å². The van der Waals surface area contributed by atoms with E-state index in [4.69, 9.17) is 9.47 Å². The Hall–Kier alpha value is -0.900. The summed E-state index contributed by atoms with van der Waals surface area (Å²) < 4.78 is 12.0. The maximum Gasteiger partial charge on any atom is 0.0955 e. The van der Waals surface area contributed by atoms with Crippen LogP contribution in [0.5, 0.6) is 0 Å². The van der Waals surface area contributed by atoms with Gasteiger partial charge in [0.1, 0.15) is 0 Å². The minimum Gasteiger partial charge on any atom is -0.381 e. The van der Waals surface area contributed by atoms with Crippen molar-refractivity contribution in [1.29, 1.82) is 0 Å². The number of hydrogen-bond acceptors (Lipinski definition) is 3. The maximum atomic E-state index is 6.45. The lowest BCUT2D eigenvalue weighted by molar-refractivity contribution is -0.0656. The number of rotatable bonds is 7. The fraction of sp³-hybridized carbons (Fsp3) is 0.667. The lowest BCUT2D eigenvalue weighted by Crippen LogP contribution is -2.32. The summed E-state index contributed by atoms with van der Waals surface area (Å²) in [7, 11) is 1.81. The van der Waals surface area contributed by atoms with E-state index in [1.807, 2.05) is 7.11 Å². The molecule has 2 rings (SSSR count). The zero-order valence-corrected chi connectivity index (χ0v) is 13.6. The molecule has 1 aromatic rings. The van der Waals surface area contributed by atoms with Gasteiger partial charge in [-0.15, -0.1) is 0 Å². The first kappa shape index (κ1) is 16.5. The lowest BCUT2D eigenvalue weighted by Gasteiger charge is -2.32. The Kier molecular flexibility index (Phi) is 6.68. The molecule has 1 N–H and O–H groups in total. The summed E-state index contributed by atoms with van der Waals surface area (Å²) in [5.41, 5.74) is 2.61. The fourth-order valence-corrected chi connectivity index (χ4v) is 3.13. The smallest absolute Gasteiger partial charge is 0.0955 e. The highest BCUT2D eigenvalue weighted by Crippen LogP contribution is 2.29. The molecule has 1 aliphatic carbocycles. The number of methoxy groups -OCH3 is 1. The molecule has 3 heteroatoms. The third-order valence-corrected chi connectivity index (χ3v) is 4.38. The van der Waals surface area contributed by atoms with Crippen LogP contribution in [0.4, 0.5) is 0 Å². The van der Waals surface area contributed by atoms with Crippen LogP contribution in [0, 0.1) is 6.92 Å². The van der Waals surface area contributed by atoms with Gasteiger partial charge in [0.05, 0.1) is 18.3 Å². The second kappa shape index (κ2) is 8.52. The molecule has 1 fully saturated rings. The van der Waals surface area contributed by atoms with Crippen LogP contribution in [0.3, 0.4) is 0 Å². The summed E-state index contributed by atoms with van der Waals surface area (Å²) in [4.78, 5) is 0. The van der Waals surface area contributed by atoms with Gasteiger partial charge in [0.25, 0.3) is 0 Å². The molecule has 21 heavy (non-hydrogen) atoms. The molecule has 3 nitrogen and oxygen atoms in total. The molecule has 3 atom stereocenters. The third kappa shape index (κ3) is 4.80. The first-order chi connectivity index (χ1) is 10.2. The normalized spacial score (nSPS) is 24.0. The summed E-state index contributed by atoms with van der Waals surface area (Å²) in [6.07, 6.45) is 5.34. The standard InChI is InChI=1S/C18H29NO2/c1-4-19-13-18(17-11-6-5-8-14(17)2)21-16-10-7-9-15(12-16)20-3/h5-6,8,11,15-16,18-19H,4,7,9-10,12-13H2,1-3H3. The molecular weight excluding hydrogens is 262 g/mol. The van der Waals surface area contributed by atoms with Crippen LogP contribution in [0.25, 0.3) is 0 Å². The molecule has 0 amide bonds. The summed E-state index contributed by atoms with van der Waals surface area (Å²) in [6, 6.07) is 8.54. The fourth-order valence-electron chi connectivity index (χ4n) is 3.13. The Morgan fingerprint density at radius 1 is 1.24 bits per heavy atom. The van der Waals surface area contributed by atoms with E-state index < -0.39 is 0 Å². The van der Waals surface area contributed by atoms with Crippen molar-refractivity contribution < 1.29 is 9.47 Å². The van der Waals surface area contributed by atoms with Crippen molar-refractivity contribution >= 4 is 0 Å². The van der Waals surface area contributed by atoms with E-state index in [2.05, 4.69) is 43.4 Å². The van der Waals surface area contributed by atoms with E-state index in [0.29, 0.717) is 12.2 Å². The van der Waals surface area contributed by atoms with Crippen molar-refractivity contribution in [3.8, 4) is 0 Å². The Morgan fingerprint density at radius 2 is 2.00 bits per heavy atom. The average molecular weight is 291 g/mol. The van der Waals surface area contributed by atoms with Gasteiger partial charge in [-0.25, -0.2) is 0 Å². The van der Waals surface area contributed by atoms with E-state index in [0.717, 1.165) is 25.9 Å². The van der Waals surface area contributed by atoms with Crippen LogP contribution >= 0.6 is 0 Å². The summed E-state index contributed by atoms with van der Waals surface area (Å²) in [5.74, 6) is 0. The largest absolute Gasteiger partial charge is 0.381 e. The third-order valence-electron chi connectivity index (χ3n) is 4.38. The number of nitrogens with one attached hydrogen (secondary N) is 1. The van der Waals surface area contributed by atoms with Crippen LogP contribution < -0.4 is 5.32 Å². The molecule has 1 aromatic carbocycles. The van der Waals surface area contributed by atoms with Gasteiger partial charge < -0.3 is 14.8 Å². The van der Waals surface area contributed by atoms with E-state index in [9.17, 15) is 0 Å². The van der Waals surface area contributed by atoms with E-state index >= 15 is 0 Å². The van der Waals surface area contributed by atoms with Crippen molar-refractivity contribution in [3.05, 3.63) is 35.4 Å². The molecule has 118 valence electrons. The van der Waals surface area contributed by atoms with Crippen LogP contribution in [0.2, 0.25) is 0 Å². The van der Waals surface area contributed by atoms with Crippen molar-refractivity contribution in [2.75, 3.05) is 20.2 Å². The zero-order chi connectivity index (χ0) is 15.1. The molecule has 1 aliphatic rings. The molecule has 0 saturated heterocycles. The molecule has 0 spiro atoms. The predicted octanol–water partition coefficient (Wildman–Crippen LogP) is 3.62. The Labute approximate surface area is 129 Å². The van der Waals surface area contributed by atoms with Crippen molar-refractivity contribution in [2.24, 2.45) is 0 Å². The molecule has 3 unspecified atom stereocenters. The van der Waals surface area contributed by atoms with Gasteiger partial charge in [-0.1, -0.05) is 31.2 Å². The Balaban J connectivity index is 2.04. The molecule has 0 bridgehead atoms. The van der Waals surface area contributed by atoms with Gasteiger partial charge in [0.15, 0.2) is 0 Å². The van der Waals surface area contributed by atoms with Crippen molar-refractivity contribution in [3.63, 3.8) is 0 Å². The lowest BCUT2D eigenvalue weighted by atomic mass is 9.94. The number of hydrogen-bond donors (Lipinski definition) is 1. The quantitative estimate of drug-likeness (QED) is 0.832. The van der Waals surface area contributed by atoms with E-state index in [1.165, 1.54) is 24.0 Å². The van der Waals surface area contributed by atoms with E-state index in [1.54, 1.807) is 0 Å². The van der Waals surface area contributed by atoms with Crippen LogP contribution in [-0.2, 0) is 9.47 Å². The SMILES string of the molecule is CCNCC(OC1CCCC(OC)C1)c1ccccc1C. The number of ether oxygens (including phenoxy) is 2. The zero-order valence-electron chi connectivity index (χ0n) is 13.6. The van der Waals surface area contributed by atoms with E-state index in [-0.39, 0.29) is 6.10 Å². The monoisotopic (exact) mass is 291 g/mol. The average Bonchev–Trinajstić information content (AvgIpc) is 2.52. The molecule has 0 aliphatic heterocycles. The highest BCUT2D eigenvalue weighted by molar-refractivity contribution is 5.28. The van der Waals surface area contributed by atoms with Gasteiger partial charge in [-0.2, -0.15) is 0 Å². The van der Waals surface area contributed by atoms with Gasteiger partial charge in [-0.3, -0.25) is 0 Å². The Bertz CT molecular complexity index is 421. The molecule has 1 saturated carbocycles. The van der Waals surface area contributed by atoms with Gasteiger partial charge in [0.2, 0.25) is 0 Å². The molecule has 0 aromatic heterocycles. The minimum atomic E-state index is 0.131. The number of aryl methyl sites for hydroxylation is 1. The maximum absolute atomic E-state index is 6.45. The first-order valence-electron chi connectivity index (χ1n) is 8.19. The first-order valence-corrected chi connectivity index (χ1v) is 8.19. The molecule has 0 heterocycles. The highest BCUT2D eigenvalue weighted by atomic mass is 16.5. The number of benzene rings is 1. The molecule has 0 radical (unpaired) electrons. The van der Waals surface area contributed by atoms with Gasteiger partial charge in [-0.05, 0) is 50.3 Å². The second-order valence-corrected chi connectivity index (χ2v) is 5.94. The highest BCUT2D eigenvalue weighted by Gasteiger charge is 2.26. The minimum absolute atomic E-state index is 0.131. The van der Waals surface area contributed by atoms with Crippen LogP contribution in [-0.4, -0.2) is 32.4 Å². The summed E-state index contributed by atoms with van der Waals surface area (Å²) >= 11 is 0. The second-order valence-electron chi connectivity index (χ2n) is 5.94. The summed E-state index contributed by atoms with van der Waals surface area (Å²) in [5, 5.41) is 3.43. The van der Waals surface area contributed by atoms with Crippen molar-refractivity contribution in [1.82, 2.24) is 5.32 Å². The van der Waals surface area contributed by atoms with Gasteiger partial charge in [0, 0.05) is 13.7 Å². The summed E-state index contributed by atoms with van der Waals surface area (Å²) in [6.45, 7) is 6.14. The predicted molar refractivity (Wildman–Crippen MR) is 86.6 cm³/mol. The topological polar surface area (TPSA) is 30.5 Å². The molecular formula is C18H29NO2. The van der Waals surface area contributed by atoms with Crippen LogP contribution in [0.1, 0.15) is 49.8 Å². The van der Waals surface area contributed by atoms with Crippen molar-refractivity contribution in [2.45, 2.75) is 57.8 Å². The Morgan fingerprint density at radius 3 is 2.71 bits per heavy atom.